The number of aliphatic hydroxyl groups is 13. The van der Waals surface area contributed by atoms with Gasteiger partial charge in [-0.2, -0.15) is 0 Å². The first kappa shape index (κ1) is 74.1. The van der Waals surface area contributed by atoms with Gasteiger partial charge < -0.3 is 97.2 Å². The number of carbonyl (C=O) groups is 2. The number of unbranched alkanes of at least 4 members (excludes halogenated alkanes) is 1. The molecule has 2 rings (SSSR count). The molecule has 0 spiro atoms. The van der Waals surface area contributed by atoms with Crippen LogP contribution in [-0.2, 0) is 23.8 Å². The molecule has 0 aromatic carbocycles. The van der Waals surface area contributed by atoms with Gasteiger partial charge in [0.2, 0.25) is 0 Å². The van der Waals surface area contributed by atoms with Crippen LogP contribution < -0.4 is 11.5 Å². The van der Waals surface area contributed by atoms with Crippen molar-refractivity contribution >= 4 is 17.9 Å². The molecule has 0 amide bonds. The maximum atomic E-state index is 14.1. The molecule has 1 saturated heterocycles. The van der Waals surface area contributed by atoms with Crippen LogP contribution in [0.5, 0.6) is 0 Å². The van der Waals surface area contributed by atoms with Crippen molar-refractivity contribution in [1.82, 2.24) is 0 Å². The van der Waals surface area contributed by atoms with Crippen LogP contribution >= 0.6 is 0 Å². The number of carboxylic acid groups (broad SMARTS) is 1. The largest absolute Gasteiger partial charge is 0.481 e. The van der Waals surface area contributed by atoms with Crippen molar-refractivity contribution in [2.75, 3.05) is 13.2 Å². The van der Waals surface area contributed by atoms with E-state index in [9.17, 15) is 71.2 Å². The Morgan fingerprint density at radius 1 is 0.671 bits per heavy atom. The Balaban J connectivity index is 0.00000752. The van der Waals surface area contributed by atoms with E-state index in [-0.39, 0.29) is 49.9 Å². The van der Waals surface area contributed by atoms with E-state index in [1.54, 1.807) is 6.92 Å². The van der Waals surface area contributed by atoms with Crippen molar-refractivity contribution in [3.05, 3.63) is 23.3 Å². The fraction of sp³-hybridized carbons (Fsp3) is 0.877. The van der Waals surface area contributed by atoms with E-state index in [1.807, 2.05) is 40.7 Å². The summed E-state index contributed by atoms with van der Waals surface area (Å²) in [5, 5.41) is 149. The summed E-state index contributed by atoms with van der Waals surface area (Å²) in [5.74, 6) is -3.47. The highest BCUT2D eigenvalue weighted by atomic mass is 16.7. The number of hydrogen-bond donors (Lipinski definition) is 16. The monoisotopic (exact) mass is 1140 g/mol. The minimum atomic E-state index is -1.59. The molecular formula is C57H107N3O19. The number of guanidine groups is 1. The number of hydrogen-bond acceptors (Lipinski definition) is 19. The lowest BCUT2D eigenvalue weighted by Gasteiger charge is -2.33. The molecule has 22 nitrogen and oxygen atoms in total. The van der Waals surface area contributed by atoms with E-state index in [2.05, 4.69) is 4.99 Å². The van der Waals surface area contributed by atoms with Gasteiger partial charge in [0.1, 0.15) is 30.5 Å². The van der Waals surface area contributed by atoms with Gasteiger partial charge in [-0.25, -0.2) is 0 Å². The normalized spacial score (nSPS) is 37.1. The molecule has 0 aromatic rings. The van der Waals surface area contributed by atoms with Crippen molar-refractivity contribution in [3.63, 3.8) is 0 Å². The summed E-state index contributed by atoms with van der Waals surface area (Å²) in [6.45, 7) is 11.9. The lowest BCUT2D eigenvalue weighted by Crippen LogP contribution is -2.41. The number of allylic oxidation sites excluding steroid dienone is 1. The number of carboxylic acids is 1. The maximum Gasteiger partial charge on any atom is 0.311 e. The van der Waals surface area contributed by atoms with Crippen LogP contribution in [0, 0.1) is 23.7 Å². The summed E-state index contributed by atoms with van der Waals surface area (Å²) < 4.78 is 17.6. The standard InChI is InChI=1S/C55H103N3O17.C2H4O2/c1-7-8-19-43-50(69)33(3)22-23-38(61)17-11-16-37(60)18-12-20-44(66)34(4)26-47(74-54-52(71)51(70)48(31-59)75-54)45(67)30-42(65)29-41(64)28-40(63)27-39(62)15-10-9-14-32(2)25-35(5)49(68)36(6)46(73-53(43)72)21-13-24-58-55(56)57;1-2(3)4/h25-26,33,35-52,54,59-71H,7-24,27-31H2,1-6H3,(H4,56,57,58);1H3,(H,3,4). The molecule has 464 valence electrons. The quantitative estimate of drug-likeness (QED) is 0.0491. The SMILES string of the molecule is CC(=O)O.CCCCC1C(=O)OC(CCCN=C(N)N)C(C)C(O)C(C)C=C(C)CCCCC(O)CC(O)CC(O)CC(O)CC(O)C(OC2OC(CO)C(O)C2O)C=C(C)C(O)CCCC(O)CCCC(O)CCC(C)C1O. The zero-order valence-electron chi connectivity index (χ0n) is 48.4. The van der Waals surface area contributed by atoms with Gasteiger partial charge >= 0.3 is 5.97 Å². The molecule has 2 aliphatic heterocycles. The Hall–Kier alpha value is -2.91. The van der Waals surface area contributed by atoms with E-state index in [0.717, 1.165) is 18.9 Å². The lowest BCUT2D eigenvalue weighted by atomic mass is 9.84. The molecule has 0 saturated carbocycles. The predicted molar refractivity (Wildman–Crippen MR) is 298 cm³/mol. The molecule has 18 N–H and O–H groups in total. The van der Waals surface area contributed by atoms with E-state index in [1.165, 1.54) is 6.08 Å². The molecule has 22 heteroatoms. The number of nitrogens with two attached hydrogens (primary N) is 2. The number of carbonyl (C=O) groups excluding carboxylic acids is 1. The second-order valence-corrected chi connectivity index (χ2v) is 22.7. The molecule has 20 atom stereocenters. The second kappa shape index (κ2) is 40.3. The Bertz CT molecular complexity index is 1740. The van der Waals surface area contributed by atoms with E-state index < -0.39 is 128 Å². The van der Waals surface area contributed by atoms with Crippen molar-refractivity contribution in [2.24, 2.45) is 40.1 Å². The van der Waals surface area contributed by atoms with Crippen LogP contribution in [0.25, 0.3) is 0 Å². The number of aliphatic imine (C=N–C) groups is 1. The zero-order valence-corrected chi connectivity index (χ0v) is 48.4. The number of aliphatic carboxylic acids is 1. The van der Waals surface area contributed by atoms with Gasteiger partial charge in [0, 0.05) is 31.7 Å². The van der Waals surface area contributed by atoms with Crippen LogP contribution in [0.4, 0.5) is 0 Å². The van der Waals surface area contributed by atoms with Crippen LogP contribution in [0.3, 0.4) is 0 Å². The van der Waals surface area contributed by atoms with Crippen molar-refractivity contribution in [3.8, 4) is 0 Å². The van der Waals surface area contributed by atoms with Gasteiger partial charge in [-0.3, -0.25) is 14.6 Å². The third-order valence-corrected chi connectivity index (χ3v) is 15.3. The molecule has 0 radical (unpaired) electrons. The van der Waals surface area contributed by atoms with Gasteiger partial charge in [0.25, 0.3) is 5.97 Å². The smallest absolute Gasteiger partial charge is 0.311 e. The number of ether oxygens (including phenoxy) is 3. The van der Waals surface area contributed by atoms with E-state index >= 15 is 0 Å². The topological polar surface area (TPSA) is 409 Å². The Kier molecular flexibility index (Phi) is 37.8. The highest BCUT2D eigenvalue weighted by Gasteiger charge is 2.45. The van der Waals surface area contributed by atoms with Crippen LogP contribution in [0.15, 0.2) is 28.3 Å². The molecule has 79 heavy (non-hydrogen) atoms. The number of cyclic esters (lactones) is 1. The van der Waals surface area contributed by atoms with Gasteiger partial charge in [-0.15, -0.1) is 0 Å². The molecular weight excluding hydrogens is 1030 g/mol. The van der Waals surface area contributed by atoms with Gasteiger partial charge in [0.05, 0.1) is 73.6 Å². The van der Waals surface area contributed by atoms with E-state index in [4.69, 9.17) is 35.6 Å². The Morgan fingerprint density at radius 2 is 1.23 bits per heavy atom. The highest BCUT2D eigenvalue weighted by Crippen LogP contribution is 2.31. The fourth-order valence-corrected chi connectivity index (χ4v) is 10.3. The van der Waals surface area contributed by atoms with Crippen LogP contribution in [-0.4, -0.2) is 200 Å². The predicted octanol–water partition coefficient (Wildman–Crippen LogP) is 2.34. The molecule has 0 aliphatic carbocycles. The first-order valence-electron chi connectivity index (χ1n) is 29.0. The fourth-order valence-electron chi connectivity index (χ4n) is 10.3. The van der Waals surface area contributed by atoms with Gasteiger partial charge in [-0.1, -0.05) is 64.7 Å². The Morgan fingerprint density at radius 3 is 1.80 bits per heavy atom. The number of rotatable bonds is 10. The minimum Gasteiger partial charge on any atom is -0.481 e. The van der Waals surface area contributed by atoms with Crippen molar-refractivity contribution in [1.29, 1.82) is 0 Å². The first-order valence-corrected chi connectivity index (χ1v) is 29.0. The second-order valence-electron chi connectivity index (χ2n) is 22.7. The molecule has 0 aromatic heterocycles. The van der Waals surface area contributed by atoms with E-state index in [0.29, 0.717) is 108 Å². The lowest BCUT2D eigenvalue weighted by molar-refractivity contribution is -0.202. The van der Waals surface area contributed by atoms with Crippen molar-refractivity contribution in [2.45, 2.75) is 281 Å². The van der Waals surface area contributed by atoms with Crippen LogP contribution in [0.2, 0.25) is 0 Å². The summed E-state index contributed by atoms with van der Waals surface area (Å²) >= 11 is 0. The molecule has 2 aliphatic rings. The summed E-state index contributed by atoms with van der Waals surface area (Å²) in [6.07, 6.45) is -7.36. The molecule has 1 fully saturated rings. The summed E-state index contributed by atoms with van der Waals surface area (Å²) in [7, 11) is 0. The van der Waals surface area contributed by atoms with Gasteiger partial charge in [0.15, 0.2) is 12.2 Å². The summed E-state index contributed by atoms with van der Waals surface area (Å²) in [5.41, 5.74) is 12.5. The van der Waals surface area contributed by atoms with Crippen molar-refractivity contribution < 1.29 is 95.3 Å². The molecule has 0 bridgehead atoms. The number of aliphatic hydroxyl groups excluding tert-OH is 13. The van der Waals surface area contributed by atoms with Gasteiger partial charge in [-0.05, 0) is 134 Å². The van der Waals surface area contributed by atoms with Crippen LogP contribution in [0.1, 0.15) is 183 Å². The Labute approximate surface area is 469 Å². The zero-order chi connectivity index (χ0) is 59.9. The third-order valence-electron chi connectivity index (χ3n) is 15.3. The summed E-state index contributed by atoms with van der Waals surface area (Å²) in [4.78, 5) is 27.2. The molecule has 20 unspecified atom stereocenters. The third kappa shape index (κ3) is 30.8. The minimum absolute atomic E-state index is 0.0173. The first-order chi connectivity index (χ1) is 37.1. The number of nitrogens with zero attached hydrogens (tertiary/aromatic N) is 1. The highest BCUT2D eigenvalue weighted by molar-refractivity contribution is 5.75. The number of esters is 1. The molecule has 2 heterocycles. The summed E-state index contributed by atoms with van der Waals surface area (Å²) in [6, 6.07) is 0. The average Bonchev–Trinajstić information content (AvgIpc) is 3.64. The average molecular weight is 1140 g/mol. The maximum absolute atomic E-state index is 14.1.